The van der Waals surface area contributed by atoms with E-state index in [1.165, 1.54) is 5.56 Å². The molecule has 0 saturated carbocycles. The van der Waals surface area contributed by atoms with Crippen LogP contribution in [0.2, 0.25) is 0 Å². The van der Waals surface area contributed by atoms with Crippen molar-refractivity contribution in [3.8, 4) is 22.6 Å². The molecule has 0 amide bonds. The zero-order chi connectivity index (χ0) is 12.6. The van der Waals surface area contributed by atoms with Crippen molar-refractivity contribution in [2.24, 2.45) is 0 Å². The molecule has 2 N–H and O–H groups in total. The number of benzene rings is 2. The summed E-state index contributed by atoms with van der Waals surface area (Å²) in [6, 6.07) is 8.91. The fraction of sp³-hybridized carbons (Fsp3) is 0.200. The van der Waals surface area contributed by atoms with Crippen molar-refractivity contribution in [2.45, 2.75) is 20.8 Å². The van der Waals surface area contributed by atoms with Crippen molar-refractivity contribution in [2.75, 3.05) is 0 Å². The topological polar surface area (TPSA) is 40.5 Å². The maximum Gasteiger partial charge on any atom is 0.127 e. The van der Waals surface area contributed by atoms with Crippen LogP contribution in [-0.2, 0) is 0 Å². The summed E-state index contributed by atoms with van der Waals surface area (Å²) >= 11 is 0. The molecule has 2 aromatic carbocycles. The molecule has 2 nitrogen and oxygen atoms in total. The number of phenolic OH excluding ortho intramolecular Hbond substituents is 2. The summed E-state index contributed by atoms with van der Waals surface area (Å²) in [4.78, 5) is 0. The summed E-state index contributed by atoms with van der Waals surface area (Å²) in [6.07, 6.45) is 0. The van der Waals surface area contributed by atoms with E-state index < -0.39 is 0 Å². The van der Waals surface area contributed by atoms with Gasteiger partial charge in [-0.1, -0.05) is 23.8 Å². The Bertz CT molecular complexity index is 528. The summed E-state index contributed by atoms with van der Waals surface area (Å²) in [5.74, 6) is 0.222. The molecule has 0 saturated heterocycles. The van der Waals surface area contributed by atoms with Gasteiger partial charge in [0.15, 0.2) is 0 Å². The minimum absolute atomic E-state index is 0.111. The van der Waals surface area contributed by atoms with Crippen LogP contribution in [0.25, 0.3) is 11.1 Å². The monoisotopic (exact) mass is 228 g/mol. The lowest BCUT2D eigenvalue weighted by Crippen LogP contribution is -1.91. The van der Waals surface area contributed by atoms with Crippen molar-refractivity contribution < 1.29 is 10.2 Å². The van der Waals surface area contributed by atoms with E-state index in [9.17, 15) is 10.2 Å². The molecule has 0 aliphatic rings. The summed E-state index contributed by atoms with van der Waals surface area (Å²) in [6.45, 7) is 6.01. The number of aryl methyl sites for hydroxylation is 3. The van der Waals surface area contributed by atoms with Crippen molar-refractivity contribution in [3.63, 3.8) is 0 Å². The second kappa shape index (κ2) is 4.13. The van der Waals surface area contributed by atoms with Gasteiger partial charge in [-0.3, -0.25) is 0 Å². The van der Waals surface area contributed by atoms with Crippen LogP contribution in [0.4, 0.5) is 0 Å². The van der Waals surface area contributed by atoms with E-state index in [0.29, 0.717) is 5.56 Å². The first kappa shape index (κ1) is 11.5. The zero-order valence-electron chi connectivity index (χ0n) is 10.3. The minimum Gasteiger partial charge on any atom is -0.507 e. The summed E-state index contributed by atoms with van der Waals surface area (Å²) in [7, 11) is 0. The second-order valence-electron chi connectivity index (χ2n) is 4.44. The van der Waals surface area contributed by atoms with E-state index in [4.69, 9.17) is 0 Å². The predicted octanol–water partition coefficient (Wildman–Crippen LogP) is 3.69. The van der Waals surface area contributed by atoms with Crippen molar-refractivity contribution in [1.82, 2.24) is 0 Å². The molecule has 0 bridgehead atoms. The molecule has 2 aromatic rings. The molecule has 0 heterocycles. The van der Waals surface area contributed by atoms with E-state index in [0.717, 1.165) is 16.7 Å². The van der Waals surface area contributed by atoms with Crippen molar-refractivity contribution in [1.29, 1.82) is 0 Å². The smallest absolute Gasteiger partial charge is 0.127 e. The van der Waals surface area contributed by atoms with Gasteiger partial charge in [-0.15, -0.1) is 0 Å². The largest absolute Gasteiger partial charge is 0.507 e. The molecule has 2 rings (SSSR count). The molecule has 0 unspecified atom stereocenters. The van der Waals surface area contributed by atoms with Crippen molar-refractivity contribution >= 4 is 0 Å². The first-order valence-electron chi connectivity index (χ1n) is 5.60. The van der Waals surface area contributed by atoms with Gasteiger partial charge < -0.3 is 10.2 Å². The Morgan fingerprint density at radius 3 is 1.71 bits per heavy atom. The number of hydrogen-bond donors (Lipinski definition) is 2. The van der Waals surface area contributed by atoms with Crippen LogP contribution >= 0.6 is 0 Å². The zero-order valence-corrected chi connectivity index (χ0v) is 10.3. The minimum atomic E-state index is 0.111. The van der Waals surface area contributed by atoms with Crippen LogP contribution in [0, 0.1) is 20.8 Å². The molecule has 0 radical (unpaired) electrons. The lowest BCUT2D eigenvalue weighted by atomic mass is 9.93. The maximum atomic E-state index is 9.90. The maximum absolute atomic E-state index is 9.90. The third-order valence-corrected chi connectivity index (χ3v) is 2.95. The lowest BCUT2D eigenvalue weighted by Gasteiger charge is -2.14. The van der Waals surface area contributed by atoms with E-state index >= 15 is 0 Å². The van der Waals surface area contributed by atoms with Gasteiger partial charge in [-0.05, 0) is 49.6 Å². The molecule has 0 aromatic heterocycles. The Morgan fingerprint density at radius 1 is 0.765 bits per heavy atom. The number of phenols is 2. The van der Waals surface area contributed by atoms with E-state index in [1.807, 2.05) is 32.9 Å². The van der Waals surface area contributed by atoms with E-state index in [2.05, 4.69) is 0 Å². The number of hydrogen-bond acceptors (Lipinski definition) is 2. The van der Waals surface area contributed by atoms with Gasteiger partial charge in [-0.25, -0.2) is 0 Å². The molecular formula is C15H16O2. The number of aromatic hydroxyl groups is 2. The average Bonchev–Trinajstić information content (AvgIpc) is 2.21. The van der Waals surface area contributed by atoms with Crippen molar-refractivity contribution in [3.05, 3.63) is 47.0 Å². The summed E-state index contributed by atoms with van der Waals surface area (Å²) in [5.41, 5.74) is 4.71. The molecule has 2 heteroatoms. The summed E-state index contributed by atoms with van der Waals surface area (Å²) < 4.78 is 0. The molecule has 0 spiro atoms. The van der Waals surface area contributed by atoms with Crippen LogP contribution in [0.5, 0.6) is 11.5 Å². The quantitative estimate of drug-likeness (QED) is 0.781. The first-order valence-corrected chi connectivity index (χ1v) is 5.60. The van der Waals surface area contributed by atoms with Gasteiger partial charge in [-0.2, -0.15) is 0 Å². The Kier molecular flexibility index (Phi) is 2.80. The van der Waals surface area contributed by atoms with Crippen LogP contribution in [0.15, 0.2) is 30.3 Å². The normalized spacial score (nSPS) is 10.5. The Labute approximate surface area is 101 Å². The molecule has 0 fully saturated rings. The highest BCUT2D eigenvalue weighted by Gasteiger charge is 2.14. The Morgan fingerprint density at radius 2 is 1.24 bits per heavy atom. The molecule has 88 valence electrons. The van der Waals surface area contributed by atoms with Crippen LogP contribution in [-0.4, -0.2) is 10.2 Å². The van der Waals surface area contributed by atoms with Crippen LogP contribution < -0.4 is 0 Å². The highest BCUT2D eigenvalue weighted by atomic mass is 16.3. The molecule has 0 aliphatic carbocycles. The molecule has 0 atom stereocenters. The van der Waals surface area contributed by atoms with Gasteiger partial charge in [0.2, 0.25) is 0 Å². The van der Waals surface area contributed by atoms with Gasteiger partial charge in [0, 0.05) is 0 Å². The van der Waals surface area contributed by atoms with Crippen LogP contribution in [0.1, 0.15) is 16.7 Å². The molecule has 17 heavy (non-hydrogen) atoms. The molecule has 0 aliphatic heterocycles. The highest BCUT2D eigenvalue weighted by Crippen LogP contribution is 2.40. The van der Waals surface area contributed by atoms with Crippen LogP contribution in [0.3, 0.4) is 0 Å². The lowest BCUT2D eigenvalue weighted by molar-refractivity contribution is 0.454. The fourth-order valence-corrected chi connectivity index (χ4v) is 2.36. The van der Waals surface area contributed by atoms with Gasteiger partial charge in [0.05, 0.1) is 5.56 Å². The fourth-order valence-electron chi connectivity index (χ4n) is 2.36. The summed E-state index contributed by atoms with van der Waals surface area (Å²) in [5, 5.41) is 19.8. The third-order valence-electron chi connectivity index (χ3n) is 2.95. The highest BCUT2D eigenvalue weighted by molar-refractivity contribution is 5.80. The third kappa shape index (κ3) is 1.98. The Hall–Kier alpha value is -1.96. The SMILES string of the molecule is Cc1cc(C)c(-c2c(O)cccc2O)c(C)c1. The second-order valence-corrected chi connectivity index (χ2v) is 4.44. The number of rotatable bonds is 1. The van der Waals surface area contributed by atoms with Gasteiger partial charge in [0.1, 0.15) is 11.5 Å². The van der Waals surface area contributed by atoms with Gasteiger partial charge >= 0.3 is 0 Å². The Balaban J connectivity index is 2.77. The van der Waals surface area contributed by atoms with E-state index in [-0.39, 0.29) is 11.5 Å². The first-order chi connectivity index (χ1) is 8.00. The average molecular weight is 228 g/mol. The predicted molar refractivity (Wildman–Crippen MR) is 69.4 cm³/mol. The standard InChI is InChI=1S/C15H16O2/c1-9-7-10(2)14(11(3)8-9)15-12(16)5-4-6-13(15)17/h4-8,16-17H,1-3H3. The van der Waals surface area contributed by atoms with Gasteiger partial charge in [0.25, 0.3) is 0 Å². The van der Waals surface area contributed by atoms with E-state index in [1.54, 1.807) is 18.2 Å². The molecular weight excluding hydrogens is 212 g/mol.